The van der Waals surface area contributed by atoms with Gasteiger partial charge < -0.3 is 5.32 Å². The molecule has 4 nitrogen and oxygen atoms in total. The maximum atomic E-state index is 4.59. The van der Waals surface area contributed by atoms with Crippen molar-refractivity contribution >= 4 is 0 Å². The molecule has 1 atom stereocenters. The van der Waals surface area contributed by atoms with Crippen LogP contribution in [0.1, 0.15) is 58.3 Å². The van der Waals surface area contributed by atoms with Crippen molar-refractivity contribution in [1.82, 2.24) is 20.0 Å². The van der Waals surface area contributed by atoms with E-state index in [-0.39, 0.29) is 5.54 Å². The average Bonchev–Trinajstić information content (AvgIpc) is 2.76. The molecule has 0 amide bonds. The molecular weight excluding hydrogens is 260 g/mol. The van der Waals surface area contributed by atoms with Gasteiger partial charge >= 0.3 is 0 Å². The van der Waals surface area contributed by atoms with Gasteiger partial charge in [0.05, 0.1) is 11.4 Å². The summed E-state index contributed by atoms with van der Waals surface area (Å²) in [5.41, 5.74) is 2.76. The summed E-state index contributed by atoms with van der Waals surface area (Å²) in [5.74, 6) is 0. The van der Waals surface area contributed by atoms with Crippen LogP contribution in [-0.4, -0.2) is 39.4 Å². The van der Waals surface area contributed by atoms with Crippen molar-refractivity contribution in [2.45, 2.75) is 78.6 Å². The molecule has 1 aromatic heterocycles. The molecule has 0 saturated carbocycles. The number of hydrogen-bond acceptors (Lipinski definition) is 3. The van der Waals surface area contributed by atoms with Crippen LogP contribution in [-0.2, 0) is 13.1 Å². The highest BCUT2D eigenvalue weighted by Crippen LogP contribution is 2.24. The van der Waals surface area contributed by atoms with E-state index in [1.165, 1.54) is 25.0 Å². The van der Waals surface area contributed by atoms with E-state index in [9.17, 15) is 0 Å². The highest BCUT2D eigenvalue weighted by molar-refractivity contribution is 5.09. The van der Waals surface area contributed by atoms with Crippen LogP contribution in [0.3, 0.4) is 0 Å². The van der Waals surface area contributed by atoms with Gasteiger partial charge in [-0.15, -0.1) is 0 Å². The lowest BCUT2D eigenvalue weighted by Crippen LogP contribution is -2.51. The highest BCUT2D eigenvalue weighted by Gasteiger charge is 2.33. The lowest BCUT2D eigenvalue weighted by molar-refractivity contribution is 0.148. The van der Waals surface area contributed by atoms with Crippen LogP contribution in [0.2, 0.25) is 0 Å². The first-order valence-corrected chi connectivity index (χ1v) is 8.56. The third-order valence-electron chi connectivity index (χ3n) is 5.19. The third-order valence-corrected chi connectivity index (χ3v) is 5.19. The lowest BCUT2D eigenvalue weighted by Gasteiger charge is -2.37. The molecule has 1 aromatic rings. The quantitative estimate of drug-likeness (QED) is 0.906. The van der Waals surface area contributed by atoms with Gasteiger partial charge in [0.1, 0.15) is 0 Å². The Morgan fingerprint density at radius 2 is 2.05 bits per heavy atom. The van der Waals surface area contributed by atoms with Crippen LogP contribution in [0.5, 0.6) is 0 Å². The lowest BCUT2D eigenvalue weighted by atomic mass is 9.92. The molecule has 1 saturated heterocycles. The van der Waals surface area contributed by atoms with Crippen molar-refractivity contribution in [2.24, 2.45) is 0 Å². The van der Waals surface area contributed by atoms with E-state index in [0.29, 0.717) is 6.04 Å². The van der Waals surface area contributed by atoms with Crippen LogP contribution in [0, 0.1) is 6.92 Å². The fraction of sp³-hybridized carbons (Fsp3) is 0.824. The Labute approximate surface area is 129 Å². The Morgan fingerprint density at radius 1 is 1.33 bits per heavy atom. The molecule has 0 aliphatic carbocycles. The maximum Gasteiger partial charge on any atom is 0.0597 e. The maximum absolute atomic E-state index is 4.59. The van der Waals surface area contributed by atoms with Crippen molar-refractivity contribution in [2.75, 3.05) is 13.1 Å². The van der Waals surface area contributed by atoms with Crippen molar-refractivity contribution in [3.63, 3.8) is 0 Å². The molecule has 1 aliphatic heterocycles. The molecule has 21 heavy (non-hydrogen) atoms. The van der Waals surface area contributed by atoms with E-state index in [4.69, 9.17) is 0 Å². The summed E-state index contributed by atoms with van der Waals surface area (Å²) in [4.78, 5) is 2.65. The zero-order valence-corrected chi connectivity index (χ0v) is 14.4. The van der Waals surface area contributed by atoms with E-state index in [0.717, 1.165) is 31.9 Å². The van der Waals surface area contributed by atoms with Crippen molar-refractivity contribution in [1.29, 1.82) is 0 Å². The van der Waals surface area contributed by atoms with E-state index in [2.05, 4.69) is 60.7 Å². The van der Waals surface area contributed by atoms with Crippen LogP contribution < -0.4 is 5.32 Å². The van der Waals surface area contributed by atoms with Gasteiger partial charge in [-0.05, 0) is 52.6 Å². The molecule has 2 heterocycles. The Balaban J connectivity index is 2.18. The second kappa shape index (κ2) is 6.93. The number of hydrogen-bond donors (Lipinski definition) is 1. The van der Waals surface area contributed by atoms with E-state index in [1.807, 2.05) is 0 Å². The topological polar surface area (TPSA) is 33.1 Å². The number of aromatic nitrogens is 2. The van der Waals surface area contributed by atoms with E-state index in [1.54, 1.807) is 0 Å². The van der Waals surface area contributed by atoms with Gasteiger partial charge in [-0.25, -0.2) is 0 Å². The van der Waals surface area contributed by atoms with Crippen LogP contribution in [0.4, 0.5) is 0 Å². The fourth-order valence-electron chi connectivity index (χ4n) is 3.47. The summed E-state index contributed by atoms with van der Waals surface area (Å²) in [7, 11) is 0. The second-order valence-corrected chi connectivity index (χ2v) is 6.55. The van der Waals surface area contributed by atoms with Crippen LogP contribution in [0.25, 0.3) is 0 Å². The van der Waals surface area contributed by atoms with Crippen LogP contribution >= 0.6 is 0 Å². The molecule has 1 fully saturated rings. The zero-order valence-electron chi connectivity index (χ0n) is 14.4. The SMILES string of the molecule is CCn1nc(C)cc1CN1CC(CC)(CC)NCCC1C. The van der Waals surface area contributed by atoms with Gasteiger partial charge in [0, 0.05) is 31.2 Å². The minimum Gasteiger partial charge on any atom is -0.310 e. The molecule has 1 N–H and O–H groups in total. The molecule has 1 aliphatic rings. The summed E-state index contributed by atoms with van der Waals surface area (Å²) in [5, 5.41) is 8.40. The van der Waals surface area contributed by atoms with Crippen LogP contribution in [0.15, 0.2) is 6.07 Å². The molecule has 1 unspecified atom stereocenters. The zero-order chi connectivity index (χ0) is 15.5. The van der Waals surface area contributed by atoms with E-state index >= 15 is 0 Å². The number of aryl methyl sites for hydroxylation is 2. The predicted molar refractivity (Wildman–Crippen MR) is 88.4 cm³/mol. The minimum absolute atomic E-state index is 0.275. The summed E-state index contributed by atoms with van der Waals surface area (Å²) in [6, 6.07) is 2.87. The minimum atomic E-state index is 0.275. The highest BCUT2D eigenvalue weighted by atomic mass is 15.3. The number of rotatable bonds is 5. The predicted octanol–water partition coefficient (Wildman–Crippen LogP) is 2.95. The van der Waals surface area contributed by atoms with Gasteiger partial charge in [0.2, 0.25) is 0 Å². The van der Waals surface area contributed by atoms with Gasteiger partial charge in [-0.1, -0.05) is 13.8 Å². The molecule has 4 heteroatoms. The average molecular weight is 292 g/mol. The molecule has 0 bridgehead atoms. The molecular formula is C17H32N4. The van der Waals surface area contributed by atoms with Crippen molar-refractivity contribution < 1.29 is 0 Å². The molecule has 120 valence electrons. The number of nitrogens with zero attached hydrogens (tertiary/aromatic N) is 3. The standard InChI is InChI=1S/C17H32N4/c1-6-17(7-2)13-20(15(5)9-10-18-17)12-16-11-14(4)19-21(16)8-3/h11,15,18H,6-10,12-13H2,1-5H3. The van der Waals surface area contributed by atoms with Gasteiger partial charge in [-0.3, -0.25) is 9.58 Å². The Hall–Kier alpha value is -0.870. The Morgan fingerprint density at radius 3 is 2.67 bits per heavy atom. The Kier molecular flexibility index (Phi) is 5.44. The first-order valence-electron chi connectivity index (χ1n) is 8.56. The second-order valence-electron chi connectivity index (χ2n) is 6.55. The largest absolute Gasteiger partial charge is 0.310 e. The smallest absolute Gasteiger partial charge is 0.0597 e. The van der Waals surface area contributed by atoms with Gasteiger partial charge in [0.25, 0.3) is 0 Å². The summed E-state index contributed by atoms with van der Waals surface area (Å²) in [6.45, 7) is 15.5. The molecule has 0 radical (unpaired) electrons. The first-order chi connectivity index (χ1) is 10.0. The summed E-state index contributed by atoms with van der Waals surface area (Å²) < 4.78 is 2.15. The first kappa shape index (κ1) is 16.5. The molecule has 0 spiro atoms. The Bertz CT molecular complexity index is 448. The van der Waals surface area contributed by atoms with Gasteiger partial charge in [-0.2, -0.15) is 5.10 Å². The van der Waals surface area contributed by atoms with Crippen molar-refractivity contribution in [3.05, 3.63) is 17.5 Å². The monoisotopic (exact) mass is 292 g/mol. The molecule has 0 aromatic carbocycles. The molecule has 2 rings (SSSR count). The number of nitrogens with one attached hydrogen (secondary N) is 1. The normalized spacial score (nSPS) is 23.2. The third kappa shape index (κ3) is 3.67. The fourth-order valence-corrected chi connectivity index (χ4v) is 3.47. The van der Waals surface area contributed by atoms with Gasteiger partial charge in [0.15, 0.2) is 0 Å². The summed E-state index contributed by atoms with van der Waals surface area (Å²) >= 11 is 0. The summed E-state index contributed by atoms with van der Waals surface area (Å²) in [6.07, 6.45) is 3.61. The van der Waals surface area contributed by atoms with Crippen molar-refractivity contribution in [3.8, 4) is 0 Å². The van der Waals surface area contributed by atoms with E-state index < -0.39 is 0 Å².